The molecule has 0 saturated heterocycles. The molecular formula is C11H18N2O. The number of aryl methyl sites for hydroxylation is 1. The quantitative estimate of drug-likeness (QED) is 0.799. The second-order valence-corrected chi connectivity index (χ2v) is 3.36. The minimum Gasteiger partial charge on any atom is -0.492 e. The minimum absolute atomic E-state index is 0.486. The second kappa shape index (κ2) is 4.42. The van der Waals surface area contributed by atoms with E-state index in [4.69, 9.17) is 10.5 Å². The lowest BCUT2D eigenvalue weighted by molar-refractivity contribution is 0.333. The topological polar surface area (TPSA) is 48.1 Å². The van der Waals surface area contributed by atoms with Crippen LogP contribution in [0.5, 0.6) is 5.75 Å². The minimum atomic E-state index is 0.486. The highest BCUT2D eigenvalue weighted by atomic mass is 16.5. The van der Waals surface area contributed by atoms with Crippen LogP contribution < -0.4 is 10.5 Å². The van der Waals surface area contributed by atoms with Crippen molar-refractivity contribution in [2.45, 2.75) is 34.2 Å². The molecule has 0 aliphatic rings. The Bertz CT molecular complexity index is 335. The highest BCUT2D eigenvalue weighted by Crippen LogP contribution is 2.26. The molecule has 0 aliphatic carbocycles. The molecule has 1 aromatic heterocycles. The van der Waals surface area contributed by atoms with Crippen LogP contribution in [0.2, 0.25) is 0 Å². The Kier molecular flexibility index (Phi) is 3.47. The van der Waals surface area contributed by atoms with E-state index in [-0.39, 0.29) is 0 Å². The van der Waals surface area contributed by atoms with Gasteiger partial charge in [0.1, 0.15) is 5.75 Å². The molecule has 0 aromatic carbocycles. The number of hydrogen-bond donors (Lipinski definition) is 1. The van der Waals surface area contributed by atoms with Crippen molar-refractivity contribution >= 4 is 0 Å². The lowest BCUT2D eigenvalue weighted by Gasteiger charge is -2.14. The number of aromatic nitrogens is 1. The molecule has 3 heteroatoms. The van der Waals surface area contributed by atoms with E-state index in [2.05, 4.69) is 4.98 Å². The van der Waals surface area contributed by atoms with Crippen molar-refractivity contribution < 1.29 is 4.74 Å². The van der Waals surface area contributed by atoms with Crippen molar-refractivity contribution in [2.75, 3.05) is 6.61 Å². The smallest absolute Gasteiger partial charge is 0.143 e. The van der Waals surface area contributed by atoms with Crippen LogP contribution in [0.4, 0.5) is 0 Å². The van der Waals surface area contributed by atoms with E-state index in [9.17, 15) is 0 Å². The zero-order valence-corrected chi connectivity index (χ0v) is 9.35. The first kappa shape index (κ1) is 11.0. The maximum atomic E-state index is 5.61. The van der Waals surface area contributed by atoms with Gasteiger partial charge in [0.05, 0.1) is 18.0 Å². The molecule has 78 valence electrons. The van der Waals surface area contributed by atoms with Crippen LogP contribution in [0.15, 0.2) is 0 Å². The van der Waals surface area contributed by atoms with E-state index in [1.54, 1.807) is 0 Å². The molecule has 2 N–H and O–H groups in total. The number of nitrogens with two attached hydrogens (primary N) is 1. The Labute approximate surface area is 85.3 Å². The van der Waals surface area contributed by atoms with Crippen LogP contribution in [0.25, 0.3) is 0 Å². The average molecular weight is 194 g/mol. The van der Waals surface area contributed by atoms with Crippen LogP contribution in [-0.4, -0.2) is 11.6 Å². The highest BCUT2D eigenvalue weighted by molar-refractivity contribution is 5.43. The molecule has 0 atom stereocenters. The summed E-state index contributed by atoms with van der Waals surface area (Å²) in [5.41, 5.74) is 9.79. The van der Waals surface area contributed by atoms with E-state index in [1.807, 2.05) is 27.7 Å². The molecule has 0 saturated carbocycles. The summed E-state index contributed by atoms with van der Waals surface area (Å²) in [7, 11) is 0. The SMILES string of the molecule is CCOc1c(C)nc(CN)c(C)c1C. The number of hydrogen-bond acceptors (Lipinski definition) is 3. The van der Waals surface area contributed by atoms with Crippen molar-refractivity contribution in [3.05, 3.63) is 22.5 Å². The maximum Gasteiger partial charge on any atom is 0.143 e. The summed E-state index contributed by atoms with van der Waals surface area (Å²) >= 11 is 0. The summed E-state index contributed by atoms with van der Waals surface area (Å²) < 4.78 is 5.54. The zero-order valence-electron chi connectivity index (χ0n) is 9.35. The Balaban J connectivity index is 3.26. The highest BCUT2D eigenvalue weighted by Gasteiger charge is 2.11. The van der Waals surface area contributed by atoms with Gasteiger partial charge in [0, 0.05) is 6.54 Å². The van der Waals surface area contributed by atoms with E-state index >= 15 is 0 Å². The molecule has 1 rings (SSSR count). The van der Waals surface area contributed by atoms with E-state index in [0.717, 1.165) is 28.3 Å². The van der Waals surface area contributed by atoms with Gasteiger partial charge in [-0.1, -0.05) is 0 Å². The van der Waals surface area contributed by atoms with Gasteiger partial charge in [0.2, 0.25) is 0 Å². The summed E-state index contributed by atoms with van der Waals surface area (Å²) in [6.45, 7) is 9.17. The van der Waals surface area contributed by atoms with Crippen LogP contribution in [0, 0.1) is 20.8 Å². The fraction of sp³-hybridized carbons (Fsp3) is 0.545. The lowest BCUT2D eigenvalue weighted by Crippen LogP contribution is -2.08. The molecule has 0 fully saturated rings. The first-order chi connectivity index (χ1) is 6.61. The summed E-state index contributed by atoms with van der Waals surface area (Å²) in [4.78, 5) is 4.42. The number of nitrogens with zero attached hydrogens (tertiary/aromatic N) is 1. The first-order valence-electron chi connectivity index (χ1n) is 4.91. The molecule has 3 nitrogen and oxygen atoms in total. The van der Waals surface area contributed by atoms with Crippen molar-refractivity contribution in [3.8, 4) is 5.75 Å². The van der Waals surface area contributed by atoms with Crippen molar-refractivity contribution in [2.24, 2.45) is 5.73 Å². The Morgan fingerprint density at radius 1 is 1.21 bits per heavy atom. The molecule has 0 bridgehead atoms. The normalized spacial score (nSPS) is 10.4. The van der Waals surface area contributed by atoms with Crippen molar-refractivity contribution in [1.29, 1.82) is 0 Å². The maximum absolute atomic E-state index is 5.61. The van der Waals surface area contributed by atoms with Gasteiger partial charge in [-0.15, -0.1) is 0 Å². The van der Waals surface area contributed by atoms with Crippen LogP contribution >= 0.6 is 0 Å². The molecule has 0 unspecified atom stereocenters. The molecule has 14 heavy (non-hydrogen) atoms. The predicted molar refractivity (Wildman–Crippen MR) is 57.5 cm³/mol. The number of ether oxygens (including phenoxy) is 1. The third kappa shape index (κ3) is 1.87. The molecule has 0 radical (unpaired) electrons. The van der Waals surface area contributed by atoms with Crippen molar-refractivity contribution in [1.82, 2.24) is 4.98 Å². The van der Waals surface area contributed by atoms with Gasteiger partial charge in [0.25, 0.3) is 0 Å². The largest absolute Gasteiger partial charge is 0.492 e. The molecule has 0 spiro atoms. The molecule has 0 aliphatic heterocycles. The van der Waals surface area contributed by atoms with E-state index in [0.29, 0.717) is 13.2 Å². The summed E-state index contributed by atoms with van der Waals surface area (Å²) in [5, 5.41) is 0. The van der Waals surface area contributed by atoms with Crippen LogP contribution in [0.3, 0.4) is 0 Å². The third-order valence-electron chi connectivity index (χ3n) is 2.45. The van der Waals surface area contributed by atoms with Gasteiger partial charge in [-0.3, -0.25) is 4.98 Å². The van der Waals surface area contributed by atoms with Gasteiger partial charge < -0.3 is 10.5 Å². The Morgan fingerprint density at radius 3 is 2.36 bits per heavy atom. The summed E-state index contributed by atoms with van der Waals surface area (Å²) in [6.07, 6.45) is 0. The predicted octanol–water partition coefficient (Wildman–Crippen LogP) is 1.86. The van der Waals surface area contributed by atoms with Gasteiger partial charge in [0.15, 0.2) is 0 Å². The van der Waals surface area contributed by atoms with Crippen molar-refractivity contribution in [3.63, 3.8) is 0 Å². The van der Waals surface area contributed by atoms with Gasteiger partial charge in [-0.2, -0.15) is 0 Å². The number of pyridine rings is 1. The van der Waals surface area contributed by atoms with Gasteiger partial charge in [-0.25, -0.2) is 0 Å². The molecule has 1 aromatic rings. The van der Waals surface area contributed by atoms with E-state index in [1.165, 1.54) is 0 Å². The van der Waals surface area contributed by atoms with Gasteiger partial charge >= 0.3 is 0 Å². The van der Waals surface area contributed by atoms with Crippen LogP contribution in [0.1, 0.15) is 29.4 Å². The fourth-order valence-electron chi connectivity index (χ4n) is 1.55. The number of rotatable bonds is 3. The van der Waals surface area contributed by atoms with Crippen LogP contribution in [-0.2, 0) is 6.54 Å². The monoisotopic (exact) mass is 194 g/mol. The zero-order chi connectivity index (χ0) is 10.7. The second-order valence-electron chi connectivity index (χ2n) is 3.36. The average Bonchev–Trinajstić information content (AvgIpc) is 2.18. The summed E-state index contributed by atoms with van der Waals surface area (Å²) in [6, 6.07) is 0. The fourth-order valence-corrected chi connectivity index (χ4v) is 1.55. The Morgan fingerprint density at radius 2 is 1.86 bits per heavy atom. The Hall–Kier alpha value is -1.09. The lowest BCUT2D eigenvalue weighted by atomic mass is 10.1. The standard InChI is InChI=1S/C11H18N2O/c1-5-14-11-8(3)7(2)10(6-12)13-9(11)4/h5-6,12H2,1-4H3. The molecule has 0 amide bonds. The molecule has 1 heterocycles. The summed E-state index contributed by atoms with van der Waals surface area (Å²) in [5.74, 6) is 0.905. The first-order valence-corrected chi connectivity index (χ1v) is 4.91. The van der Waals surface area contributed by atoms with E-state index < -0.39 is 0 Å². The van der Waals surface area contributed by atoms with Gasteiger partial charge in [-0.05, 0) is 38.8 Å². The third-order valence-corrected chi connectivity index (χ3v) is 2.45. The molecular weight excluding hydrogens is 176 g/mol.